The van der Waals surface area contributed by atoms with E-state index in [1.54, 1.807) is 36.4 Å². The quantitative estimate of drug-likeness (QED) is 0.833. The van der Waals surface area contributed by atoms with E-state index < -0.39 is 15.7 Å². The highest BCUT2D eigenvalue weighted by atomic mass is 35.5. The number of rotatable bonds is 5. The molecule has 2 aromatic rings. The first kappa shape index (κ1) is 19.0. The molecule has 0 aliphatic rings. The van der Waals surface area contributed by atoms with E-state index in [9.17, 15) is 18.0 Å². The van der Waals surface area contributed by atoms with Crippen LogP contribution in [-0.2, 0) is 20.4 Å². The van der Waals surface area contributed by atoms with Crippen molar-refractivity contribution in [3.8, 4) is 0 Å². The minimum absolute atomic E-state index is 0.137. The van der Waals surface area contributed by atoms with Gasteiger partial charge in [-0.25, -0.2) is 8.42 Å². The summed E-state index contributed by atoms with van der Waals surface area (Å²) in [4.78, 5) is 23.5. The number of benzene rings is 2. The molecule has 2 rings (SSSR count). The van der Waals surface area contributed by atoms with E-state index in [4.69, 9.17) is 11.6 Å². The third-order valence-electron chi connectivity index (χ3n) is 3.15. The fourth-order valence-electron chi connectivity index (χ4n) is 2.20. The molecule has 0 atom stereocenters. The second-order valence-electron chi connectivity index (χ2n) is 5.60. The monoisotopic (exact) mass is 380 g/mol. The molecule has 0 saturated heterocycles. The van der Waals surface area contributed by atoms with Gasteiger partial charge >= 0.3 is 0 Å². The Morgan fingerprint density at radius 2 is 1.80 bits per heavy atom. The van der Waals surface area contributed by atoms with Crippen LogP contribution in [0.4, 0.5) is 11.4 Å². The largest absolute Gasteiger partial charge is 0.325 e. The molecule has 8 heteroatoms. The van der Waals surface area contributed by atoms with Crippen LogP contribution in [0.2, 0.25) is 5.02 Å². The topological polar surface area (TPSA) is 92.3 Å². The average molecular weight is 381 g/mol. The van der Waals surface area contributed by atoms with Crippen LogP contribution >= 0.6 is 11.6 Å². The fourth-order valence-corrected chi connectivity index (χ4v) is 3.15. The Balaban J connectivity index is 2.20. The van der Waals surface area contributed by atoms with Crippen molar-refractivity contribution >= 4 is 44.6 Å². The summed E-state index contributed by atoms with van der Waals surface area (Å²) in [5.41, 5.74) is 1.70. The third-order valence-corrected chi connectivity index (χ3v) is 4.34. The van der Waals surface area contributed by atoms with Crippen LogP contribution in [0.5, 0.6) is 0 Å². The molecular weight excluding hydrogens is 364 g/mol. The Hall–Kier alpha value is -2.38. The Bertz CT molecular complexity index is 926. The number of halogens is 1. The average Bonchev–Trinajstić information content (AvgIpc) is 2.48. The molecule has 2 amide bonds. The second-order valence-corrected chi connectivity index (χ2v) is 8.15. The van der Waals surface area contributed by atoms with E-state index in [-0.39, 0.29) is 11.7 Å². The molecule has 0 heterocycles. The van der Waals surface area contributed by atoms with Gasteiger partial charge in [0.2, 0.25) is 5.91 Å². The van der Waals surface area contributed by atoms with Gasteiger partial charge in [0.1, 0.15) is 0 Å². The van der Waals surface area contributed by atoms with Crippen molar-refractivity contribution in [3.05, 3.63) is 58.6 Å². The van der Waals surface area contributed by atoms with Crippen molar-refractivity contribution in [1.82, 2.24) is 0 Å². The van der Waals surface area contributed by atoms with Gasteiger partial charge in [0.05, 0.1) is 16.5 Å². The summed E-state index contributed by atoms with van der Waals surface area (Å²) in [6.07, 6.45) is 1.14. The Morgan fingerprint density at radius 3 is 2.44 bits per heavy atom. The molecule has 25 heavy (non-hydrogen) atoms. The maximum Gasteiger partial charge on any atom is 0.255 e. The molecular formula is C17H17ClN2O4S. The van der Waals surface area contributed by atoms with Gasteiger partial charge in [-0.2, -0.15) is 0 Å². The van der Waals surface area contributed by atoms with Crippen LogP contribution < -0.4 is 10.6 Å². The highest BCUT2D eigenvalue weighted by Gasteiger charge is 2.11. The van der Waals surface area contributed by atoms with Crippen LogP contribution in [-0.4, -0.2) is 26.5 Å². The molecule has 6 nitrogen and oxygen atoms in total. The molecule has 2 N–H and O–H groups in total. The number of sulfone groups is 1. The molecule has 0 bridgehead atoms. The first-order chi connectivity index (χ1) is 11.6. The van der Waals surface area contributed by atoms with Gasteiger partial charge in [-0.1, -0.05) is 23.7 Å². The molecule has 0 saturated carbocycles. The Kier molecular flexibility index (Phi) is 5.81. The van der Waals surface area contributed by atoms with E-state index in [1.165, 1.54) is 13.0 Å². The molecule has 0 spiro atoms. The van der Waals surface area contributed by atoms with Crippen molar-refractivity contribution < 1.29 is 18.0 Å². The molecule has 0 fully saturated rings. The predicted octanol–water partition coefficient (Wildman–Crippen LogP) is 3.10. The lowest BCUT2D eigenvalue weighted by Crippen LogP contribution is -2.13. The molecule has 132 valence electrons. The van der Waals surface area contributed by atoms with E-state index in [1.807, 2.05) is 0 Å². The summed E-state index contributed by atoms with van der Waals surface area (Å²) in [5.74, 6) is -0.813. The highest BCUT2D eigenvalue weighted by Crippen LogP contribution is 2.26. The molecule has 2 aromatic carbocycles. The van der Waals surface area contributed by atoms with Crippen LogP contribution in [0, 0.1) is 0 Å². The molecule has 0 aliphatic carbocycles. The summed E-state index contributed by atoms with van der Waals surface area (Å²) < 4.78 is 22.8. The number of nitrogens with one attached hydrogen (secondary N) is 2. The maximum absolute atomic E-state index is 12.4. The van der Waals surface area contributed by atoms with Crippen LogP contribution in [0.3, 0.4) is 0 Å². The van der Waals surface area contributed by atoms with Gasteiger partial charge in [-0.15, -0.1) is 0 Å². The van der Waals surface area contributed by atoms with Gasteiger partial charge in [0.15, 0.2) is 9.84 Å². The number of anilines is 2. The third kappa shape index (κ3) is 5.88. The smallest absolute Gasteiger partial charge is 0.255 e. The van der Waals surface area contributed by atoms with E-state index in [2.05, 4.69) is 10.6 Å². The molecule has 0 aliphatic heterocycles. The summed E-state index contributed by atoms with van der Waals surface area (Å²) >= 11 is 5.99. The predicted molar refractivity (Wildman–Crippen MR) is 98.7 cm³/mol. The van der Waals surface area contributed by atoms with Gasteiger partial charge < -0.3 is 10.6 Å². The van der Waals surface area contributed by atoms with Crippen molar-refractivity contribution in [2.45, 2.75) is 12.7 Å². The second kappa shape index (κ2) is 7.67. The summed E-state index contributed by atoms with van der Waals surface area (Å²) in [5, 5.41) is 5.61. The zero-order valence-electron chi connectivity index (χ0n) is 13.7. The van der Waals surface area contributed by atoms with Crippen LogP contribution in [0.25, 0.3) is 0 Å². The number of hydrogen-bond acceptors (Lipinski definition) is 4. The SMILES string of the molecule is CC(=O)Nc1cc(NC(=O)c2cccc(CS(C)(=O)=O)c2)ccc1Cl. The van der Waals surface area contributed by atoms with Gasteiger partial charge in [0, 0.05) is 24.4 Å². The molecule has 0 aromatic heterocycles. The summed E-state index contributed by atoms with van der Waals surface area (Å²) in [7, 11) is -3.19. The summed E-state index contributed by atoms with van der Waals surface area (Å²) in [6, 6.07) is 11.1. The minimum atomic E-state index is -3.19. The van der Waals surface area contributed by atoms with Crippen molar-refractivity contribution in [2.75, 3.05) is 16.9 Å². The fraction of sp³-hybridized carbons (Fsp3) is 0.176. The lowest BCUT2D eigenvalue weighted by Gasteiger charge is -2.10. The maximum atomic E-state index is 12.4. The van der Waals surface area contributed by atoms with Gasteiger partial charge in [0.25, 0.3) is 5.91 Å². The summed E-state index contributed by atoms with van der Waals surface area (Å²) in [6.45, 7) is 1.36. The normalized spacial score (nSPS) is 11.0. The lowest BCUT2D eigenvalue weighted by atomic mass is 10.1. The zero-order chi connectivity index (χ0) is 18.6. The molecule has 0 unspecified atom stereocenters. The Labute approximate surface area is 151 Å². The first-order valence-electron chi connectivity index (χ1n) is 7.29. The number of carbonyl (C=O) groups is 2. The number of hydrogen-bond donors (Lipinski definition) is 2. The highest BCUT2D eigenvalue weighted by molar-refractivity contribution is 7.89. The van der Waals surface area contributed by atoms with E-state index >= 15 is 0 Å². The minimum Gasteiger partial charge on any atom is -0.325 e. The van der Waals surface area contributed by atoms with E-state index in [0.717, 1.165) is 6.26 Å². The number of amides is 2. The van der Waals surface area contributed by atoms with Crippen LogP contribution in [0.15, 0.2) is 42.5 Å². The van der Waals surface area contributed by atoms with E-state index in [0.29, 0.717) is 27.5 Å². The Morgan fingerprint density at radius 1 is 1.08 bits per heavy atom. The van der Waals surface area contributed by atoms with Crippen molar-refractivity contribution in [3.63, 3.8) is 0 Å². The zero-order valence-corrected chi connectivity index (χ0v) is 15.2. The van der Waals surface area contributed by atoms with Crippen LogP contribution in [0.1, 0.15) is 22.8 Å². The number of carbonyl (C=O) groups excluding carboxylic acids is 2. The standard InChI is InChI=1S/C17H17ClN2O4S/c1-11(21)19-16-9-14(6-7-15(16)18)20-17(22)13-5-3-4-12(8-13)10-25(2,23)24/h3-9H,10H2,1-2H3,(H,19,21)(H,20,22). The lowest BCUT2D eigenvalue weighted by molar-refractivity contribution is -0.114. The van der Waals surface area contributed by atoms with Gasteiger partial charge in [-0.05, 0) is 35.9 Å². The van der Waals surface area contributed by atoms with Crippen molar-refractivity contribution in [2.24, 2.45) is 0 Å². The first-order valence-corrected chi connectivity index (χ1v) is 9.73. The molecule has 0 radical (unpaired) electrons. The van der Waals surface area contributed by atoms with Gasteiger partial charge in [-0.3, -0.25) is 9.59 Å². The van der Waals surface area contributed by atoms with Crippen molar-refractivity contribution in [1.29, 1.82) is 0 Å².